The molecule has 0 radical (unpaired) electrons. The summed E-state index contributed by atoms with van der Waals surface area (Å²) in [6.07, 6.45) is 0. The van der Waals surface area contributed by atoms with Crippen molar-refractivity contribution in [3.05, 3.63) is 64.4 Å². The molecule has 3 N–H and O–H groups in total. The molecule has 0 fully saturated rings. The maximum absolute atomic E-state index is 12.3. The van der Waals surface area contributed by atoms with Crippen molar-refractivity contribution in [2.45, 2.75) is 19.0 Å². The Bertz CT molecular complexity index is 1130. The summed E-state index contributed by atoms with van der Waals surface area (Å²) in [5.41, 5.74) is 1.35. The van der Waals surface area contributed by atoms with Gasteiger partial charge in [-0.25, -0.2) is 9.78 Å². The Balaban J connectivity index is 1.49. The van der Waals surface area contributed by atoms with Gasteiger partial charge in [-0.05, 0) is 50.2 Å². The van der Waals surface area contributed by atoms with Gasteiger partial charge < -0.3 is 19.9 Å². The van der Waals surface area contributed by atoms with Gasteiger partial charge in [0.05, 0.1) is 35.3 Å². The van der Waals surface area contributed by atoms with E-state index < -0.39 is 0 Å². The first-order valence-corrected chi connectivity index (χ1v) is 11.5. The van der Waals surface area contributed by atoms with Crippen LogP contribution in [0.4, 0.5) is 5.69 Å². The molecule has 0 bridgehead atoms. The summed E-state index contributed by atoms with van der Waals surface area (Å²) in [4.78, 5) is 45.0. The van der Waals surface area contributed by atoms with E-state index in [4.69, 9.17) is 4.74 Å². The van der Waals surface area contributed by atoms with Crippen molar-refractivity contribution in [1.82, 2.24) is 9.97 Å². The first kappa shape index (κ1) is 23.5. The molecule has 32 heavy (non-hydrogen) atoms. The number of likely N-dealkylation sites (N-methyl/N-ethyl adjacent to an activating group) is 1. The summed E-state index contributed by atoms with van der Waals surface area (Å²) in [5.74, 6) is -0.543. The molecule has 1 amide bonds. The molecular formula is C23H27N4O4S+. The molecule has 0 aliphatic rings. The van der Waals surface area contributed by atoms with Gasteiger partial charge in [-0.1, -0.05) is 23.9 Å². The molecule has 0 aliphatic heterocycles. The van der Waals surface area contributed by atoms with Crippen molar-refractivity contribution in [2.24, 2.45) is 0 Å². The van der Waals surface area contributed by atoms with Crippen molar-refractivity contribution in [3.8, 4) is 0 Å². The lowest BCUT2D eigenvalue weighted by Crippen LogP contribution is -3.11. The molecular weight excluding hydrogens is 428 g/mol. The van der Waals surface area contributed by atoms with Crippen LogP contribution in [-0.4, -0.2) is 53.8 Å². The normalized spacial score (nSPS) is 11.0. The second-order valence-corrected chi connectivity index (χ2v) is 8.11. The highest BCUT2D eigenvalue weighted by molar-refractivity contribution is 7.99. The largest absolute Gasteiger partial charge is 0.456 e. The van der Waals surface area contributed by atoms with Crippen LogP contribution in [0.1, 0.15) is 24.2 Å². The van der Waals surface area contributed by atoms with E-state index in [9.17, 15) is 14.4 Å². The van der Waals surface area contributed by atoms with Crippen molar-refractivity contribution in [3.63, 3.8) is 0 Å². The van der Waals surface area contributed by atoms with Gasteiger partial charge in [-0.15, -0.1) is 0 Å². The number of H-pyrrole nitrogens is 1. The Morgan fingerprint density at radius 2 is 1.81 bits per heavy atom. The number of benzene rings is 2. The molecule has 3 rings (SSSR count). The highest BCUT2D eigenvalue weighted by Gasteiger charge is 2.11. The van der Waals surface area contributed by atoms with Crippen LogP contribution in [0, 0.1) is 0 Å². The highest BCUT2D eigenvalue weighted by atomic mass is 32.2. The lowest BCUT2D eigenvalue weighted by atomic mass is 10.2. The number of quaternary nitrogens is 1. The minimum Gasteiger partial charge on any atom is -0.456 e. The Hall–Kier alpha value is -3.17. The molecule has 8 nitrogen and oxygen atoms in total. The number of ether oxygens (including phenoxy) is 1. The van der Waals surface area contributed by atoms with Gasteiger partial charge >= 0.3 is 5.97 Å². The average molecular weight is 456 g/mol. The predicted octanol–water partition coefficient (Wildman–Crippen LogP) is 1.74. The van der Waals surface area contributed by atoms with Crippen molar-refractivity contribution in [2.75, 3.05) is 37.3 Å². The lowest BCUT2D eigenvalue weighted by molar-refractivity contribution is -0.896. The molecule has 0 atom stereocenters. The Morgan fingerprint density at radius 3 is 2.53 bits per heavy atom. The van der Waals surface area contributed by atoms with Crippen LogP contribution in [0.15, 0.2) is 58.5 Å². The molecule has 0 spiro atoms. The third kappa shape index (κ3) is 6.41. The van der Waals surface area contributed by atoms with Crippen LogP contribution in [0.25, 0.3) is 10.9 Å². The van der Waals surface area contributed by atoms with E-state index in [1.807, 2.05) is 0 Å². The predicted molar refractivity (Wildman–Crippen MR) is 125 cm³/mol. The number of rotatable bonds is 10. The van der Waals surface area contributed by atoms with E-state index in [1.54, 1.807) is 48.5 Å². The fourth-order valence-corrected chi connectivity index (χ4v) is 3.80. The summed E-state index contributed by atoms with van der Waals surface area (Å²) in [5, 5.41) is 3.66. The second kappa shape index (κ2) is 11.4. The Labute approximate surface area is 190 Å². The lowest BCUT2D eigenvalue weighted by Gasteiger charge is -2.15. The quantitative estimate of drug-likeness (QED) is 0.244. The van der Waals surface area contributed by atoms with Gasteiger partial charge in [-0.2, -0.15) is 0 Å². The average Bonchev–Trinajstić information content (AvgIpc) is 2.81. The third-order valence-corrected chi connectivity index (χ3v) is 5.90. The van der Waals surface area contributed by atoms with Gasteiger partial charge in [-0.3, -0.25) is 9.59 Å². The first-order valence-electron chi connectivity index (χ1n) is 10.5. The summed E-state index contributed by atoms with van der Waals surface area (Å²) in [6, 6.07) is 13.6. The number of aromatic amines is 1. The molecule has 3 aromatic rings. The maximum atomic E-state index is 12.3. The molecule has 0 saturated carbocycles. The number of nitrogens with one attached hydrogen (secondary N) is 3. The number of fused-ring (bicyclic) bond motifs is 1. The minimum atomic E-state index is -0.378. The molecule has 0 aliphatic carbocycles. The number of carbonyl (C=O) groups is 2. The van der Waals surface area contributed by atoms with Gasteiger partial charge in [0.2, 0.25) is 5.91 Å². The van der Waals surface area contributed by atoms with Crippen molar-refractivity contribution < 1.29 is 19.2 Å². The summed E-state index contributed by atoms with van der Waals surface area (Å²) in [6.45, 7) is 7.34. The summed E-state index contributed by atoms with van der Waals surface area (Å²) in [7, 11) is 0. The van der Waals surface area contributed by atoms with Crippen molar-refractivity contribution >= 4 is 40.2 Å². The molecule has 1 aromatic heterocycles. The number of carbonyl (C=O) groups excluding carboxylic acids is 2. The standard InChI is InChI=1S/C23H26N4O4S/c1-3-27(4-2)13-14-31-22(30)16-9-11-17(12-10-16)24-20(28)15-32-23-25-19-8-6-5-7-18(19)21(29)26-23/h5-12H,3-4,13-15H2,1-2H3,(H,24,28)(H,25,26,29)/p+1. The fraction of sp³-hybridized carbons (Fsp3) is 0.304. The van der Waals surface area contributed by atoms with E-state index in [-0.39, 0.29) is 23.2 Å². The molecule has 2 aromatic carbocycles. The highest BCUT2D eigenvalue weighted by Crippen LogP contribution is 2.16. The number of aromatic nitrogens is 2. The zero-order valence-electron chi connectivity index (χ0n) is 18.1. The molecule has 0 saturated heterocycles. The smallest absolute Gasteiger partial charge is 0.338 e. The zero-order valence-corrected chi connectivity index (χ0v) is 19.0. The fourth-order valence-electron chi connectivity index (χ4n) is 3.13. The molecule has 168 valence electrons. The van der Waals surface area contributed by atoms with Crippen LogP contribution in [0.5, 0.6) is 0 Å². The number of thioether (sulfide) groups is 1. The SMILES string of the molecule is CC[NH+](CC)CCOC(=O)c1ccc(NC(=O)CSc2nc3ccccc3c(=O)[nH]2)cc1. The Morgan fingerprint density at radius 1 is 1.09 bits per heavy atom. The van der Waals surface area contributed by atoms with Crippen LogP contribution >= 0.6 is 11.8 Å². The van der Waals surface area contributed by atoms with Crippen LogP contribution in [0.2, 0.25) is 0 Å². The van der Waals surface area contributed by atoms with Gasteiger partial charge in [0.15, 0.2) is 5.16 Å². The summed E-state index contributed by atoms with van der Waals surface area (Å²) < 4.78 is 5.32. The molecule has 0 unspecified atom stereocenters. The van der Waals surface area contributed by atoms with E-state index in [2.05, 4.69) is 29.1 Å². The minimum absolute atomic E-state index is 0.0821. The number of amides is 1. The summed E-state index contributed by atoms with van der Waals surface area (Å²) >= 11 is 1.14. The third-order valence-electron chi connectivity index (χ3n) is 5.02. The van der Waals surface area contributed by atoms with E-state index in [1.165, 1.54) is 4.90 Å². The van der Waals surface area contributed by atoms with Crippen molar-refractivity contribution in [1.29, 1.82) is 0 Å². The maximum Gasteiger partial charge on any atom is 0.338 e. The monoisotopic (exact) mass is 455 g/mol. The molecule has 1 heterocycles. The number of nitrogens with zero attached hydrogens (tertiary/aromatic N) is 1. The van der Waals surface area contributed by atoms with Gasteiger partial charge in [0.1, 0.15) is 13.2 Å². The zero-order chi connectivity index (χ0) is 22.9. The number of hydrogen-bond acceptors (Lipinski definition) is 6. The topological polar surface area (TPSA) is 106 Å². The Kier molecular flexibility index (Phi) is 8.41. The number of anilines is 1. The van der Waals surface area contributed by atoms with Gasteiger partial charge in [0.25, 0.3) is 5.56 Å². The molecule has 9 heteroatoms. The van der Waals surface area contributed by atoms with Gasteiger partial charge in [0, 0.05) is 5.69 Å². The van der Waals surface area contributed by atoms with Crippen LogP contribution in [-0.2, 0) is 9.53 Å². The van der Waals surface area contributed by atoms with E-state index in [0.717, 1.165) is 31.4 Å². The number of hydrogen-bond donors (Lipinski definition) is 3. The van der Waals surface area contributed by atoms with Crippen LogP contribution in [0.3, 0.4) is 0 Å². The number of para-hydroxylation sites is 1. The second-order valence-electron chi connectivity index (χ2n) is 7.15. The number of esters is 1. The first-order chi connectivity index (χ1) is 15.5. The van der Waals surface area contributed by atoms with E-state index in [0.29, 0.717) is 33.9 Å². The van der Waals surface area contributed by atoms with Crippen LogP contribution < -0.4 is 15.8 Å². The van der Waals surface area contributed by atoms with E-state index >= 15 is 0 Å².